The molecule has 20 heavy (non-hydrogen) atoms. The number of imidazole rings is 1. The SMILES string of the molecule is CC(C)Cn1c(CCl)nc2c([AsH2])nc3ccccc3c21. The Morgan fingerprint density at radius 1 is 1.25 bits per heavy atom. The fraction of sp³-hybridized carbons (Fsp3) is 0.333. The van der Waals surface area contributed by atoms with Gasteiger partial charge in [-0.15, -0.1) is 0 Å². The van der Waals surface area contributed by atoms with Gasteiger partial charge in [-0.05, 0) is 0 Å². The maximum atomic E-state index is 6.09. The first-order valence-corrected chi connectivity index (χ1v) is 8.45. The van der Waals surface area contributed by atoms with Gasteiger partial charge < -0.3 is 0 Å². The van der Waals surface area contributed by atoms with Crippen LogP contribution in [0.4, 0.5) is 0 Å². The number of hydrogen-bond acceptors (Lipinski definition) is 2. The van der Waals surface area contributed by atoms with Gasteiger partial charge in [0.1, 0.15) is 0 Å². The van der Waals surface area contributed by atoms with E-state index in [0.717, 1.165) is 33.3 Å². The average molecular weight is 350 g/mol. The Morgan fingerprint density at radius 2 is 2.00 bits per heavy atom. The molecule has 0 saturated heterocycles. The van der Waals surface area contributed by atoms with Gasteiger partial charge in [-0.2, -0.15) is 0 Å². The fourth-order valence-electron chi connectivity index (χ4n) is 2.57. The molecule has 0 radical (unpaired) electrons. The molecule has 3 rings (SSSR count). The van der Waals surface area contributed by atoms with E-state index in [0.29, 0.717) is 11.8 Å². The summed E-state index contributed by atoms with van der Waals surface area (Å²) in [4.78, 5) is 9.40. The standard InChI is InChI=1S/C15H17AsClN3/c1-9(2)8-20-12(7-17)19-13-14(20)10-5-3-4-6-11(10)18-15(13)16/h3-6,9H,7-8,16H2,1-2H3. The Labute approximate surface area is 131 Å². The summed E-state index contributed by atoms with van der Waals surface area (Å²) in [6.45, 7) is 5.35. The first-order chi connectivity index (χ1) is 9.61. The van der Waals surface area contributed by atoms with Crippen molar-refractivity contribution in [2.75, 3.05) is 0 Å². The summed E-state index contributed by atoms with van der Waals surface area (Å²) in [5.41, 5.74) is 3.21. The molecular weight excluding hydrogens is 333 g/mol. The van der Waals surface area contributed by atoms with Gasteiger partial charge in [-0.3, -0.25) is 0 Å². The van der Waals surface area contributed by atoms with E-state index in [1.165, 1.54) is 22.4 Å². The molecule has 0 aliphatic carbocycles. The van der Waals surface area contributed by atoms with E-state index >= 15 is 0 Å². The van der Waals surface area contributed by atoms with Crippen molar-refractivity contribution >= 4 is 54.9 Å². The van der Waals surface area contributed by atoms with Crippen LogP contribution < -0.4 is 4.48 Å². The minimum absolute atomic E-state index is 0.433. The Bertz CT molecular complexity index is 779. The predicted molar refractivity (Wildman–Crippen MR) is 87.6 cm³/mol. The maximum absolute atomic E-state index is 6.09. The molecule has 2 aromatic heterocycles. The van der Waals surface area contributed by atoms with Crippen LogP contribution in [0, 0.1) is 5.92 Å². The molecule has 0 amide bonds. The van der Waals surface area contributed by atoms with Crippen LogP contribution >= 0.6 is 11.6 Å². The fourth-order valence-corrected chi connectivity index (χ4v) is 3.49. The first-order valence-electron chi connectivity index (χ1n) is 6.71. The molecule has 0 N–H and O–H groups in total. The summed E-state index contributed by atoms with van der Waals surface area (Å²) in [5.74, 6) is 1.92. The van der Waals surface area contributed by atoms with E-state index in [-0.39, 0.29) is 0 Å². The minimum atomic E-state index is 0.433. The number of aromatic nitrogens is 3. The first kappa shape index (κ1) is 13.9. The molecule has 1 unspecified atom stereocenters. The van der Waals surface area contributed by atoms with Crippen molar-refractivity contribution in [2.24, 2.45) is 5.92 Å². The molecule has 0 aliphatic heterocycles. The quantitative estimate of drug-likeness (QED) is 0.536. The van der Waals surface area contributed by atoms with Crippen molar-refractivity contribution < 1.29 is 0 Å². The number of para-hydroxylation sites is 1. The summed E-state index contributed by atoms with van der Waals surface area (Å²) in [7, 11) is 0. The molecule has 1 atom stereocenters. The zero-order chi connectivity index (χ0) is 14.3. The summed E-state index contributed by atoms with van der Waals surface area (Å²) < 4.78 is 3.29. The van der Waals surface area contributed by atoms with Crippen molar-refractivity contribution in [1.82, 2.24) is 14.5 Å². The van der Waals surface area contributed by atoms with E-state index in [1.54, 1.807) is 0 Å². The number of benzene rings is 1. The van der Waals surface area contributed by atoms with Crippen LogP contribution in [-0.2, 0) is 12.4 Å². The van der Waals surface area contributed by atoms with E-state index in [2.05, 4.69) is 41.6 Å². The molecule has 5 heteroatoms. The number of rotatable bonds is 3. The van der Waals surface area contributed by atoms with Crippen molar-refractivity contribution in [1.29, 1.82) is 0 Å². The van der Waals surface area contributed by atoms with Crippen molar-refractivity contribution in [3.05, 3.63) is 30.1 Å². The second-order valence-electron chi connectivity index (χ2n) is 5.38. The van der Waals surface area contributed by atoms with Gasteiger partial charge in [0.15, 0.2) is 0 Å². The number of nitrogens with zero attached hydrogens (tertiary/aromatic N) is 3. The van der Waals surface area contributed by atoms with Crippen LogP contribution in [0.25, 0.3) is 21.9 Å². The predicted octanol–water partition coefficient (Wildman–Crippen LogP) is 2.24. The molecule has 0 spiro atoms. The zero-order valence-electron chi connectivity index (χ0n) is 11.6. The van der Waals surface area contributed by atoms with Crippen LogP contribution in [0.5, 0.6) is 0 Å². The third-order valence-electron chi connectivity index (χ3n) is 3.36. The number of pyridine rings is 1. The van der Waals surface area contributed by atoms with Crippen molar-refractivity contribution in [2.45, 2.75) is 26.3 Å². The Balaban J connectivity index is 2.44. The second kappa shape index (κ2) is 5.38. The summed E-state index contributed by atoms with van der Waals surface area (Å²) >= 11 is 7.60. The van der Waals surface area contributed by atoms with Crippen LogP contribution in [0.1, 0.15) is 19.7 Å². The van der Waals surface area contributed by atoms with Gasteiger partial charge in [-0.1, -0.05) is 0 Å². The summed E-state index contributed by atoms with van der Waals surface area (Å²) in [6, 6.07) is 8.26. The van der Waals surface area contributed by atoms with Crippen LogP contribution in [0.2, 0.25) is 0 Å². The molecule has 3 aromatic rings. The summed E-state index contributed by atoms with van der Waals surface area (Å²) in [5, 5.41) is 1.16. The van der Waals surface area contributed by atoms with Crippen molar-refractivity contribution in [3.8, 4) is 0 Å². The number of fused-ring (bicyclic) bond motifs is 3. The average Bonchev–Trinajstić information content (AvgIpc) is 2.78. The molecular formula is C15H17AsClN3. The van der Waals surface area contributed by atoms with Crippen molar-refractivity contribution in [3.63, 3.8) is 0 Å². The Hall–Kier alpha value is -1.05. The molecule has 2 heterocycles. The van der Waals surface area contributed by atoms with Gasteiger partial charge in [-0.25, -0.2) is 0 Å². The van der Waals surface area contributed by atoms with Gasteiger partial charge in [0, 0.05) is 0 Å². The van der Waals surface area contributed by atoms with Gasteiger partial charge in [0.05, 0.1) is 0 Å². The number of hydrogen-bond donors (Lipinski definition) is 0. The Kier molecular flexibility index (Phi) is 3.74. The summed E-state index contributed by atoms with van der Waals surface area (Å²) in [6.07, 6.45) is 0. The number of alkyl halides is 1. The molecule has 104 valence electrons. The van der Waals surface area contributed by atoms with Crippen LogP contribution in [0.3, 0.4) is 0 Å². The molecule has 0 saturated carbocycles. The molecule has 0 aliphatic rings. The van der Waals surface area contributed by atoms with Crippen LogP contribution in [0.15, 0.2) is 24.3 Å². The zero-order valence-corrected chi connectivity index (χ0v) is 14.8. The van der Waals surface area contributed by atoms with E-state index in [1.807, 2.05) is 6.07 Å². The van der Waals surface area contributed by atoms with Gasteiger partial charge in [0.25, 0.3) is 0 Å². The second-order valence-corrected chi connectivity index (χ2v) is 6.79. The van der Waals surface area contributed by atoms with Gasteiger partial charge in [0.2, 0.25) is 0 Å². The molecule has 0 fully saturated rings. The third-order valence-corrected chi connectivity index (χ3v) is 4.44. The Morgan fingerprint density at radius 3 is 2.70 bits per heavy atom. The van der Waals surface area contributed by atoms with E-state index in [4.69, 9.17) is 16.6 Å². The topological polar surface area (TPSA) is 30.7 Å². The van der Waals surface area contributed by atoms with E-state index in [9.17, 15) is 0 Å². The number of halogens is 1. The normalized spacial score (nSPS) is 11.8. The van der Waals surface area contributed by atoms with Crippen LogP contribution in [-0.4, -0.2) is 31.4 Å². The molecule has 3 nitrogen and oxygen atoms in total. The third kappa shape index (κ3) is 2.23. The van der Waals surface area contributed by atoms with E-state index < -0.39 is 0 Å². The monoisotopic (exact) mass is 349 g/mol. The molecule has 1 aromatic carbocycles. The molecule has 0 bridgehead atoms. The van der Waals surface area contributed by atoms with Gasteiger partial charge >= 0.3 is 132 Å².